The van der Waals surface area contributed by atoms with Gasteiger partial charge in [0.1, 0.15) is 0 Å². The van der Waals surface area contributed by atoms with E-state index in [2.05, 4.69) is 262 Å². The van der Waals surface area contributed by atoms with Gasteiger partial charge >= 0.3 is 0 Å². The molecule has 0 saturated carbocycles. The predicted molar refractivity (Wildman–Crippen MR) is 295 cm³/mol. The zero-order chi connectivity index (χ0) is 45.2. The van der Waals surface area contributed by atoms with E-state index in [1.54, 1.807) is 0 Å². The van der Waals surface area contributed by atoms with Crippen LogP contribution in [0.4, 0.5) is 34.1 Å². The van der Waals surface area contributed by atoms with Gasteiger partial charge in [0.05, 0.1) is 22.1 Å². The number of fused-ring (bicyclic) bond motifs is 3. The number of para-hydroxylation sites is 4. The number of nitrogens with zero attached hydrogens (tertiary/aromatic N) is 4. The van der Waals surface area contributed by atoms with Crippen molar-refractivity contribution in [3.63, 3.8) is 0 Å². The van der Waals surface area contributed by atoms with Gasteiger partial charge in [-0.3, -0.25) is 0 Å². The average molecular weight is 897 g/mol. The lowest BCUT2D eigenvalue weighted by Gasteiger charge is -2.27. The van der Waals surface area contributed by atoms with E-state index in [9.17, 15) is 0 Å². The van der Waals surface area contributed by atoms with Crippen LogP contribution >= 0.6 is 11.3 Å². The first-order valence-electron chi connectivity index (χ1n) is 23.6. The lowest BCUT2D eigenvalue weighted by molar-refractivity contribution is 1.18. The monoisotopic (exact) mass is 896 g/mol. The molecule has 15 rings (SSSR count). The van der Waals surface area contributed by atoms with Gasteiger partial charge in [-0.25, -0.2) is 0 Å². The third-order valence-electron chi connectivity index (χ3n) is 14.3. The SMILES string of the molecule is c1ccc(N(c2ccc3sc4ccc(N(c5ccccc5)c5cc6ccc7cccc8c7c6c(c5)n8-c5ccccc5)cc4c3c2)c2cc3ccc4cccc5c4c3c(c2)n5-c2ccccc2)cc1. The smallest absolute Gasteiger partial charge is 0.0568 e. The van der Waals surface area contributed by atoms with Gasteiger partial charge in [0.25, 0.3) is 0 Å². The van der Waals surface area contributed by atoms with Gasteiger partial charge < -0.3 is 18.9 Å². The van der Waals surface area contributed by atoms with Gasteiger partial charge in [0, 0.05) is 87.2 Å². The molecule has 12 aromatic carbocycles. The molecule has 0 spiro atoms. The van der Waals surface area contributed by atoms with Crippen LogP contribution < -0.4 is 9.80 Å². The Labute approximate surface area is 401 Å². The van der Waals surface area contributed by atoms with Gasteiger partial charge in [-0.05, 0) is 143 Å². The minimum absolute atomic E-state index is 1.11. The van der Waals surface area contributed by atoms with Gasteiger partial charge in [-0.2, -0.15) is 0 Å². The summed E-state index contributed by atoms with van der Waals surface area (Å²) in [5.74, 6) is 0. The van der Waals surface area contributed by atoms with Crippen molar-refractivity contribution in [2.24, 2.45) is 0 Å². The number of benzene rings is 12. The molecule has 4 nitrogen and oxygen atoms in total. The van der Waals surface area contributed by atoms with Crippen molar-refractivity contribution in [1.29, 1.82) is 0 Å². The Morgan fingerprint density at radius 1 is 0.261 bits per heavy atom. The molecule has 0 radical (unpaired) electrons. The molecule has 0 atom stereocenters. The van der Waals surface area contributed by atoms with Crippen molar-refractivity contribution in [2.75, 3.05) is 9.80 Å². The summed E-state index contributed by atoms with van der Waals surface area (Å²) in [7, 11) is 0. The Kier molecular flexibility index (Phi) is 8.20. The molecule has 0 N–H and O–H groups in total. The molecule has 0 aliphatic heterocycles. The van der Waals surface area contributed by atoms with E-state index in [0.717, 1.165) is 45.5 Å². The molecule has 0 saturated heterocycles. The van der Waals surface area contributed by atoms with Gasteiger partial charge in [0.2, 0.25) is 0 Å². The summed E-state index contributed by atoms with van der Waals surface area (Å²) >= 11 is 1.86. The Morgan fingerprint density at radius 2 is 0.652 bits per heavy atom. The number of hydrogen-bond donors (Lipinski definition) is 0. The Hall–Kier alpha value is -8.90. The van der Waals surface area contributed by atoms with Crippen LogP contribution in [0.25, 0.3) is 96.7 Å². The molecular weight excluding hydrogens is 857 g/mol. The Bertz CT molecular complexity index is 4130. The first kappa shape index (κ1) is 38.2. The highest BCUT2D eigenvalue weighted by atomic mass is 32.1. The molecule has 0 bridgehead atoms. The first-order chi connectivity index (χ1) is 34.2. The summed E-state index contributed by atoms with van der Waals surface area (Å²) in [6.45, 7) is 0. The molecule has 0 aliphatic rings. The molecule has 0 fully saturated rings. The number of aromatic nitrogens is 2. The van der Waals surface area contributed by atoms with E-state index in [4.69, 9.17) is 0 Å². The third kappa shape index (κ3) is 5.75. The van der Waals surface area contributed by atoms with Crippen molar-refractivity contribution in [3.8, 4) is 11.4 Å². The summed E-state index contributed by atoms with van der Waals surface area (Å²) in [6, 6.07) is 89.3. The maximum Gasteiger partial charge on any atom is 0.0568 e. The molecular formula is C64H40N4S. The minimum atomic E-state index is 1.11. The summed E-state index contributed by atoms with van der Waals surface area (Å²) < 4.78 is 7.40. The lowest BCUT2D eigenvalue weighted by atomic mass is 10.0. The zero-order valence-corrected chi connectivity index (χ0v) is 38.1. The minimum Gasteiger partial charge on any atom is -0.310 e. The van der Waals surface area contributed by atoms with Crippen molar-refractivity contribution in [2.45, 2.75) is 0 Å². The van der Waals surface area contributed by atoms with E-state index in [-0.39, 0.29) is 0 Å². The molecule has 5 heteroatoms. The molecule has 15 aromatic rings. The second-order valence-electron chi connectivity index (χ2n) is 18.2. The molecule has 0 amide bonds. The predicted octanol–water partition coefficient (Wildman–Crippen LogP) is 18.4. The molecule has 0 aliphatic carbocycles. The van der Waals surface area contributed by atoms with Crippen LogP contribution in [0, 0.1) is 0 Å². The highest BCUT2D eigenvalue weighted by molar-refractivity contribution is 7.25. The summed E-state index contributed by atoms with van der Waals surface area (Å²) in [4.78, 5) is 4.86. The van der Waals surface area contributed by atoms with Gasteiger partial charge in [-0.15, -0.1) is 11.3 Å². The van der Waals surface area contributed by atoms with Crippen LogP contribution in [-0.4, -0.2) is 9.13 Å². The number of anilines is 6. The van der Waals surface area contributed by atoms with Crippen LogP contribution in [-0.2, 0) is 0 Å². The molecule has 69 heavy (non-hydrogen) atoms. The number of rotatable bonds is 8. The quantitative estimate of drug-likeness (QED) is 0.141. The fraction of sp³-hybridized carbons (Fsp3) is 0. The van der Waals surface area contributed by atoms with E-state index >= 15 is 0 Å². The van der Waals surface area contributed by atoms with Crippen molar-refractivity contribution >= 4 is 131 Å². The fourth-order valence-electron chi connectivity index (χ4n) is 11.4. The van der Waals surface area contributed by atoms with E-state index in [1.807, 2.05) is 11.3 Å². The number of thiophene rings is 1. The second kappa shape index (κ2) is 14.8. The Morgan fingerprint density at radius 3 is 1.09 bits per heavy atom. The molecule has 3 heterocycles. The third-order valence-corrected chi connectivity index (χ3v) is 15.4. The van der Waals surface area contributed by atoms with Crippen LogP contribution in [0.5, 0.6) is 0 Å². The summed E-state index contributed by atoms with van der Waals surface area (Å²) in [6.07, 6.45) is 0. The number of hydrogen-bond acceptors (Lipinski definition) is 3. The van der Waals surface area contributed by atoms with Crippen molar-refractivity contribution < 1.29 is 0 Å². The second-order valence-corrected chi connectivity index (χ2v) is 19.2. The van der Waals surface area contributed by atoms with Crippen LogP contribution in [0.3, 0.4) is 0 Å². The molecule has 3 aromatic heterocycles. The maximum absolute atomic E-state index is 2.44. The first-order valence-corrected chi connectivity index (χ1v) is 24.4. The zero-order valence-electron chi connectivity index (χ0n) is 37.3. The maximum atomic E-state index is 2.44. The molecule has 322 valence electrons. The fourth-order valence-corrected chi connectivity index (χ4v) is 12.5. The van der Waals surface area contributed by atoms with Crippen LogP contribution in [0.2, 0.25) is 0 Å². The van der Waals surface area contributed by atoms with E-state index < -0.39 is 0 Å². The van der Waals surface area contributed by atoms with Crippen LogP contribution in [0.15, 0.2) is 243 Å². The van der Waals surface area contributed by atoms with Crippen LogP contribution in [0.1, 0.15) is 0 Å². The topological polar surface area (TPSA) is 16.3 Å². The van der Waals surface area contributed by atoms with Gasteiger partial charge in [0.15, 0.2) is 0 Å². The normalized spacial score (nSPS) is 12.1. The van der Waals surface area contributed by atoms with Crippen molar-refractivity contribution in [1.82, 2.24) is 9.13 Å². The Balaban J connectivity index is 0.931. The highest BCUT2D eigenvalue weighted by Crippen LogP contribution is 2.48. The van der Waals surface area contributed by atoms with E-state index in [1.165, 1.54) is 85.3 Å². The summed E-state index contributed by atoms with van der Waals surface area (Å²) in [5.41, 5.74) is 13.8. The standard InChI is InChI=1S/C64H40N4S/c1-5-17-45(18-6-1)65(51-35-43-29-27-41-15-13-25-55-61(41)63(43)57(39-51)67(55)47-21-9-3-10-22-47)49-31-33-59-53(37-49)54-38-50(32-34-60(54)69-59)66(46-19-7-2-8-20-46)52-36-44-30-28-42-16-14-26-56-62(42)64(44)58(40-52)68(56)48-23-11-4-12-24-48/h1-40H. The molecule has 0 unspecified atom stereocenters. The van der Waals surface area contributed by atoms with E-state index in [0.29, 0.717) is 0 Å². The highest BCUT2D eigenvalue weighted by Gasteiger charge is 2.24. The summed E-state index contributed by atoms with van der Waals surface area (Å²) in [5, 5.41) is 12.6. The average Bonchev–Trinajstić information content (AvgIpc) is 4.07. The lowest BCUT2D eigenvalue weighted by Crippen LogP contribution is -2.10. The largest absolute Gasteiger partial charge is 0.310 e. The van der Waals surface area contributed by atoms with Crippen molar-refractivity contribution in [3.05, 3.63) is 243 Å². The van der Waals surface area contributed by atoms with Gasteiger partial charge in [-0.1, -0.05) is 121 Å².